The smallest absolute Gasteiger partial charge is 0.0225 e. The monoisotopic (exact) mass is 123 g/mol. The van der Waals surface area contributed by atoms with Gasteiger partial charge in [-0.3, -0.25) is 0 Å². The van der Waals surface area contributed by atoms with Gasteiger partial charge in [-0.1, -0.05) is 32.9 Å². The Morgan fingerprint density at radius 3 is 2.33 bits per heavy atom. The fourth-order valence-corrected chi connectivity index (χ4v) is 1.55. The summed E-state index contributed by atoms with van der Waals surface area (Å²) in [7, 11) is 0. The number of allylic oxidation sites excluding steroid dienone is 2. The van der Waals surface area contributed by atoms with Crippen LogP contribution in [0.2, 0.25) is 0 Å². The van der Waals surface area contributed by atoms with E-state index in [2.05, 4.69) is 32.9 Å². The Morgan fingerprint density at radius 2 is 2.11 bits per heavy atom. The van der Waals surface area contributed by atoms with Crippen LogP contribution in [0.3, 0.4) is 0 Å². The van der Waals surface area contributed by atoms with Gasteiger partial charge in [0.15, 0.2) is 0 Å². The Kier molecular flexibility index (Phi) is 1.94. The van der Waals surface area contributed by atoms with Crippen LogP contribution in [0, 0.1) is 17.8 Å². The van der Waals surface area contributed by atoms with Gasteiger partial charge in [-0.25, -0.2) is 0 Å². The molecule has 0 N–H and O–H groups in total. The molecule has 2 unspecified atom stereocenters. The molecule has 0 saturated carbocycles. The highest BCUT2D eigenvalue weighted by molar-refractivity contribution is 5.07. The molecule has 0 amide bonds. The van der Waals surface area contributed by atoms with E-state index >= 15 is 0 Å². The molecule has 2 atom stereocenters. The van der Waals surface area contributed by atoms with Crippen LogP contribution in [0.1, 0.15) is 27.2 Å². The average molecular weight is 123 g/mol. The minimum absolute atomic E-state index is 0.787. The van der Waals surface area contributed by atoms with E-state index in [1.165, 1.54) is 6.42 Å². The Morgan fingerprint density at radius 1 is 1.44 bits per heavy atom. The first-order valence-electron chi connectivity index (χ1n) is 3.68. The van der Waals surface area contributed by atoms with E-state index < -0.39 is 0 Å². The zero-order valence-corrected chi connectivity index (χ0v) is 6.52. The molecule has 1 rings (SSSR count). The summed E-state index contributed by atoms with van der Waals surface area (Å²) in [5.41, 5.74) is 0. The lowest BCUT2D eigenvalue weighted by molar-refractivity contribution is 0.472. The molecule has 0 heteroatoms. The molecule has 0 heterocycles. The molecule has 9 heavy (non-hydrogen) atoms. The quantitative estimate of drug-likeness (QED) is 0.470. The lowest BCUT2D eigenvalue weighted by Crippen LogP contribution is -2.09. The molecule has 0 saturated heterocycles. The van der Waals surface area contributed by atoms with Crippen LogP contribution < -0.4 is 0 Å². The fraction of sp³-hybridized carbons (Fsp3) is 0.667. The first kappa shape index (κ1) is 6.85. The van der Waals surface area contributed by atoms with E-state index in [0.717, 1.165) is 11.8 Å². The molecule has 1 radical (unpaired) electrons. The fourth-order valence-electron chi connectivity index (χ4n) is 1.55. The maximum Gasteiger partial charge on any atom is -0.0225 e. The summed E-state index contributed by atoms with van der Waals surface area (Å²) >= 11 is 0. The molecule has 1 aliphatic rings. The van der Waals surface area contributed by atoms with Crippen molar-refractivity contribution in [3.05, 3.63) is 18.1 Å². The van der Waals surface area contributed by atoms with Gasteiger partial charge in [0.05, 0.1) is 0 Å². The molecule has 51 valence electrons. The predicted molar refractivity (Wildman–Crippen MR) is 41.0 cm³/mol. The Bertz CT molecular complexity index is 111. The Labute approximate surface area is 58.0 Å². The lowest BCUT2D eigenvalue weighted by Gasteiger charge is -2.18. The highest BCUT2D eigenvalue weighted by atomic mass is 14.3. The summed E-state index contributed by atoms with van der Waals surface area (Å²) < 4.78 is 0. The van der Waals surface area contributed by atoms with E-state index in [0.29, 0.717) is 0 Å². The third-order valence-electron chi connectivity index (χ3n) is 2.21. The molecule has 0 spiro atoms. The number of hydrogen-bond donors (Lipinski definition) is 0. The van der Waals surface area contributed by atoms with E-state index in [4.69, 9.17) is 0 Å². The van der Waals surface area contributed by atoms with Crippen molar-refractivity contribution in [2.45, 2.75) is 27.2 Å². The SMILES string of the molecule is C[C](C)C1CC=CC1C. The Hall–Kier alpha value is -0.260. The van der Waals surface area contributed by atoms with Crippen molar-refractivity contribution < 1.29 is 0 Å². The van der Waals surface area contributed by atoms with Gasteiger partial charge in [0.2, 0.25) is 0 Å². The van der Waals surface area contributed by atoms with Crippen LogP contribution in [0.4, 0.5) is 0 Å². The summed E-state index contributed by atoms with van der Waals surface area (Å²) in [5, 5.41) is 0. The molecule has 0 bridgehead atoms. The highest BCUT2D eigenvalue weighted by Gasteiger charge is 2.21. The van der Waals surface area contributed by atoms with E-state index in [1.54, 1.807) is 5.92 Å². The van der Waals surface area contributed by atoms with Gasteiger partial charge < -0.3 is 0 Å². The van der Waals surface area contributed by atoms with Crippen molar-refractivity contribution in [2.24, 2.45) is 11.8 Å². The standard InChI is InChI=1S/C9H15/c1-7(2)9-6-4-5-8(9)3/h4-5,8-9H,6H2,1-3H3. The number of rotatable bonds is 1. The second kappa shape index (κ2) is 2.55. The second-order valence-corrected chi connectivity index (χ2v) is 3.21. The maximum absolute atomic E-state index is 2.32. The van der Waals surface area contributed by atoms with Crippen LogP contribution in [0.5, 0.6) is 0 Å². The van der Waals surface area contributed by atoms with E-state index in [-0.39, 0.29) is 0 Å². The van der Waals surface area contributed by atoms with Gasteiger partial charge in [-0.05, 0) is 24.2 Å². The summed E-state index contributed by atoms with van der Waals surface area (Å²) in [5.74, 6) is 3.20. The normalized spacial score (nSPS) is 34.2. The molecular formula is C9H15. The summed E-state index contributed by atoms with van der Waals surface area (Å²) in [4.78, 5) is 0. The third kappa shape index (κ3) is 1.35. The first-order valence-corrected chi connectivity index (χ1v) is 3.68. The van der Waals surface area contributed by atoms with Crippen LogP contribution >= 0.6 is 0 Å². The van der Waals surface area contributed by atoms with Gasteiger partial charge in [0, 0.05) is 0 Å². The van der Waals surface area contributed by atoms with Gasteiger partial charge in [0.25, 0.3) is 0 Å². The first-order chi connectivity index (χ1) is 4.22. The topological polar surface area (TPSA) is 0 Å². The predicted octanol–water partition coefficient (Wildman–Crippen LogP) is 2.81. The lowest BCUT2D eigenvalue weighted by atomic mass is 9.87. The minimum Gasteiger partial charge on any atom is -0.0879 e. The largest absolute Gasteiger partial charge is 0.0879 e. The zero-order chi connectivity index (χ0) is 6.85. The molecule has 0 aromatic carbocycles. The van der Waals surface area contributed by atoms with Crippen LogP contribution in [0.15, 0.2) is 12.2 Å². The van der Waals surface area contributed by atoms with Gasteiger partial charge in [-0.15, -0.1) is 0 Å². The van der Waals surface area contributed by atoms with Gasteiger partial charge in [-0.2, -0.15) is 0 Å². The third-order valence-corrected chi connectivity index (χ3v) is 2.21. The molecule has 1 aliphatic carbocycles. The van der Waals surface area contributed by atoms with Crippen LogP contribution in [-0.2, 0) is 0 Å². The molecule has 0 aromatic heterocycles. The average Bonchev–Trinajstić information content (AvgIpc) is 2.13. The van der Waals surface area contributed by atoms with Crippen LogP contribution in [-0.4, -0.2) is 0 Å². The highest BCUT2D eigenvalue weighted by Crippen LogP contribution is 2.31. The van der Waals surface area contributed by atoms with Crippen molar-refractivity contribution >= 4 is 0 Å². The molecule has 0 aromatic rings. The summed E-state index contributed by atoms with van der Waals surface area (Å²) in [6.07, 6.45) is 5.88. The second-order valence-electron chi connectivity index (χ2n) is 3.21. The molecule has 0 aliphatic heterocycles. The number of hydrogen-bond acceptors (Lipinski definition) is 0. The molecule has 0 nitrogen and oxygen atoms in total. The van der Waals surface area contributed by atoms with Crippen molar-refractivity contribution in [1.82, 2.24) is 0 Å². The van der Waals surface area contributed by atoms with Gasteiger partial charge >= 0.3 is 0 Å². The minimum atomic E-state index is 0.787. The summed E-state index contributed by atoms with van der Waals surface area (Å²) in [6.45, 7) is 6.75. The van der Waals surface area contributed by atoms with Gasteiger partial charge in [0.1, 0.15) is 0 Å². The Balaban J connectivity index is 2.45. The van der Waals surface area contributed by atoms with Crippen molar-refractivity contribution in [3.8, 4) is 0 Å². The van der Waals surface area contributed by atoms with Crippen molar-refractivity contribution in [1.29, 1.82) is 0 Å². The van der Waals surface area contributed by atoms with E-state index in [9.17, 15) is 0 Å². The van der Waals surface area contributed by atoms with E-state index in [1.807, 2.05) is 0 Å². The zero-order valence-electron chi connectivity index (χ0n) is 6.52. The summed E-state index contributed by atoms with van der Waals surface area (Å²) in [6, 6.07) is 0. The maximum atomic E-state index is 2.32. The molecule has 0 fully saturated rings. The van der Waals surface area contributed by atoms with Crippen molar-refractivity contribution in [3.63, 3.8) is 0 Å². The molecular weight excluding hydrogens is 108 g/mol. The van der Waals surface area contributed by atoms with Crippen LogP contribution in [0.25, 0.3) is 0 Å². The van der Waals surface area contributed by atoms with Crippen molar-refractivity contribution in [2.75, 3.05) is 0 Å².